The molecule has 0 unspecified atom stereocenters. The number of hydrogen-bond donors (Lipinski definition) is 2. The van der Waals surface area contributed by atoms with Gasteiger partial charge in [0.1, 0.15) is 0 Å². The lowest BCUT2D eigenvalue weighted by Gasteiger charge is -2.08. The Morgan fingerprint density at radius 2 is 1.88 bits per heavy atom. The highest BCUT2D eigenvalue weighted by molar-refractivity contribution is 8.00. The minimum atomic E-state index is -4.21. The van der Waals surface area contributed by atoms with Gasteiger partial charge in [-0.2, -0.15) is 13.2 Å². The molecule has 0 saturated heterocycles. The molecule has 17 heavy (non-hydrogen) atoms. The number of carbonyl (C=O) groups is 1. The summed E-state index contributed by atoms with van der Waals surface area (Å²) >= 11 is -0.0958. The Kier molecular flexibility index (Phi) is 4.68. The monoisotopic (exact) mass is 265 g/mol. The zero-order chi connectivity index (χ0) is 12.9. The summed E-state index contributed by atoms with van der Waals surface area (Å²) in [4.78, 5) is 10.5. The van der Waals surface area contributed by atoms with Crippen molar-refractivity contribution in [2.45, 2.75) is 5.51 Å². The summed E-state index contributed by atoms with van der Waals surface area (Å²) in [5.41, 5.74) is -3.48. The molecule has 3 nitrogen and oxygen atoms in total. The summed E-state index contributed by atoms with van der Waals surface area (Å²) in [6.07, 6.45) is 0. The van der Waals surface area contributed by atoms with Gasteiger partial charge in [-0.3, -0.25) is 0 Å². The summed E-state index contributed by atoms with van der Waals surface area (Å²) in [6.45, 7) is 0.163. The molecule has 0 aliphatic carbocycles. The average Bonchev–Trinajstić information content (AvgIpc) is 2.24. The molecule has 0 spiro atoms. The number of anilines is 1. The zero-order valence-corrected chi connectivity index (χ0v) is 9.44. The number of hydrogen-bond acceptors (Lipinski definition) is 3. The van der Waals surface area contributed by atoms with E-state index in [9.17, 15) is 18.0 Å². The first-order valence-electron chi connectivity index (χ1n) is 4.66. The highest BCUT2D eigenvalue weighted by Gasteiger charge is 2.27. The fourth-order valence-electron chi connectivity index (χ4n) is 1.09. The minimum Gasteiger partial charge on any atom is -0.478 e. The molecule has 0 heterocycles. The zero-order valence-electron chi connectivity index (χ0n) is 8.62. The van der Waals surface area contributed by atoms with E-state index in [-0.39, 0.29) is 29.6 Å². The second-order valence-corrected chi connectivity index (χ2v) is 4.26. The fourth-order valence-corrected chi connectivity index (χ4v) is 1.53. The number of aromatic carboxylic acids is 1. The number of halogens is 3. The largest absolute Gasteiger partial charge is 0.478 e. The van der Waals surface area contributed by atoms with Crippen molar-refractivity contribution in [2.75, 3.05) is 17.6 Å². The number of carboxylic acid groups (broad SMARTS) is 1. The van der Waals surface area contributed by atoms with Crippen molar-refractivity contribution in [2.24, 2.45) is 0 Å². The Morgan fingerprint density at radius 3 is 2.35 bits per heavy atom. The number of thioether (sulfide) groups is 1. The molecule has 1 aromatic carbocycles. The van der Waals surface area contributed by atoms with Crippen molar-refractivity contribution in [1.82, 2.24) is 0 Å². The lowest BCUT2D eigenvalue weighted by molar-refractivity contribution is -0.0327. The van der Waals surface area contributed by atoms with Crippen LogP contribution in [-0.2, 0) is 0 Å². The average molecular weight is 265 g/mol. The van der Waals surface area contributed by atoms with Crippen LogP contribution in [0.3, 0.4) is 0 Å². The summed E-state index contributed by atoms with van der Waals surface area (Å²) in [5.74, 6) is -1.13. The van der Waals surface area contributed by atoms with Crippen LogP contribution < -0.4 is 5.32 Å². The molecule has 1 rings (SSSR count). The molecule has 0 aliphatic rings. The standard InChI is InChI=1S/C10H10F3NO2S/c11-10(12,13)17-6-5-14-8-3-1-7(2-4-8)9(15)16/h1-4,14H,5-6H2,(H,15,16). The van der Waals surface area contributed by atoms with Gasteiger partial charge in [0.15, 0.2) is 0 Å². The van der Waals surface area contributed by atoms with Gasteiger partial charge in [-0.05, 0) is 36.0 Å². The number of benzene rings is 1. The second kappa shape index (κ2) is 5.81. The molecule has 7 heteroatoms. The van der Waals surface area contributed by atoms with Crippen LogP contribution in [0.25, 0.3) is 0 Å². The van der Waals surface area contributed by atoms with E-state index >= 15 is 0 Å². The molecule has 0 radical (unpaired) electrons. The van der Waals surface area contributed by atoms with Gasteiger partial charge in [0.25, 0.3) is 0 Å². The minimum absolute atomic E-state index is 0.0931. The first-order valence-corrected chi connectivity index (χ1v) is 5.65. The van der Waals surface area contributed by atoms with Crippen molar-refractivity contribution >= 4 is 23.4 Å². The van der Waals surface area contributed by atoms with E-state index in [2.05, 4.69) is 5.32 Å². The molecule has 1 aromatic rings. The van der Waals surface area contributed by atoms with Gasteiger partial charge < -0.3 is 10.4 Å². The van der Waals surface area contributed by atoms with Crippen LogP contribution in [0.1, 0.15) is 10.4 Å². The van der Waals surface area contributed by atoms with E-state index in [1.165, 1.54) is 24.3 Å². The van der Waals surface area contributed by atoms with Gasteiger partial charge in [0, 0.05) is 18.0 Å². The highest BCUT2D eigenvalue weighted by atomic mass is 32.2. The predicted octanol–water partition coefficient (Wildman–Crippen LogP) is 3.05. The van der Waals surface area contributed by atoms with Crippen LogP contribution in [0, 0.1) is 0 Å². The Labute approximate surface area is 100 Å². The Balaban J connectivity index is 2.35. The molecule has 0 saturated carbocycles. The molecule has 0 aromatic heterocycles. The van der Waals surface area contributed by atoms with Gasteiger partial charge in [0.2, 0.25) is 0 Å². The fraction of sp³-hybridized carbons (Fsp3) is 0.300. The van der Waals surface area contributed by atoms with Gasteiger partial charge in [-0.25, -0.2) is 4.79 Å². The summed E-state index contributed by atoms with van der Waals surface area (Å²) in [5, 5.41) is 11.4. The Bertz CT molecular complexity index is 378. The first kappa shape index (κ1) is 13.7. The molecule has 0 aliphatic heterocycles. The molecule has 0 amide bonds. The molecule has 0 bridgehead atoms. The van der Waals surface area contributed by atoms with Gasteiger partial charge in [-0.15, -0.1) is 0 Å². The maximum atomic E-state index is 11.8. The third kappa shape index (κ3) is 5.48. The molecular weight excluding hydrogens is 255 g/mol. The highest BCUT2D eigenvalue weighted by Crippen LogP contribution is 2.29. The molecule has 0 atom stereocenters. The van der Waals surface area contributed by atoms with Gasteiger partial charge >= 0.3 is 11.5 Å². The predicted molar refractivity (Wildman–Crippen MR) is 60.4 cm³/mol. The lowest BCUT2D eigenvalue weighted by atomic mass is 10.2. The van der Waals surface area contributed by atoms with E-state index in [0.717, 1.165) is 0 Å². The lowest BCUT2D eigenvalue weighted by Crippen LogP contribution is -2.09. The van der Waals surface area contributed by atoms with Crippen molar-refractivity contribution in [1.29, 1.82) is 0 Å². The third-order valence-electron chi connectivity index (χ3n) is 1.83. The molecular formula is C10H10F3NO2S. The summed E-state index contributed by atoms with van der Waals surface area (Å²) in [6, 6.07) is 5.81. The quantitative estimate of drug-likeness (QED) is 0.803. The third-order valence-corrected chi connectivity index (χ3v) is 2.56. The number of nitrogens with one attached hydrogen (secondary N) is 1. The van der Waals surface area contributed by atoms with E-state index in [1.54, 1.807) is 0 Å². The van der Waals surface area contributed by atoms with Crippen molar-refractivity contribution in [3.8, 4) is 0 Å². The second-order valence-electron chi connectivity index (χ2n) is 3.10. The molecule has 94 valence electrons. The van der Waals surface area contributed by atoms with Crippen LogP contribution >= 0.6 is 11.8 Å². The van der Waals surface area contributed by atoms with E-state index in [0.29, 0.717) is 5.69 Å². The normalized spacial score (nSPS) is 11.2. The van der Waals surface area contributed by atoms with E-state index in [1.807, 2.05) is 0 Å². The molecule has 2 N–H and O–H groups in total. The smallest absolute Gasteiger partial charge is 0.441 e. The summed E-state index contributed by atoms with van der Waals surface area (Å²) < 4.78 is 35.4. The maximum absolute atomic E-state index is 11.8. The maximum Gasteiger partial charge on any atom is 0.441 e. The number of carboxylic acids is 1. The van der Waals surface area contributed by atoms with Gasteiger partial charge in [-0.1, -0.05) is 0 Å². The number of rotatable bonds is 5. The van der Waals surface area contributed by atoms with E-state index < -0.39 is 11.5 Å². The van der Waals surface area contributed by atoms with Crippen LogP contribution in [0.5, 0.6) is 0 Å². The topological polar surface area (TPSA) is 49.3 Å². The summed E-state index contributed by atoms with van der Waals surface area (Å²) in [7, 11) is 0. The molecule has 0 fully saturated rings. The first-order chi connectivity index (χ1) is 7.88. The van der Waals surface area contributed by atoms with Crippen LogP contribution in [0.2, 0.25) is 0 Å². The van der Waals surface area contributed by atoms with Crippen LogP contribution in [-0.4, -0.2) is 28.9 Å². The number of alkyl halides is 3. The Hall–Kier alpha value is -1.37. The van der Waals surface area contributed by atoms with E-state index in [4.69, 9.17) is 5.11 Å². The van der Waals surface area contributed by atoms with Crippen molar-refractivity contribution < 1.29 is 23.1 Å². The van der Waals surface area contributed by atoms with Crippen molar-refractivity contribution in [3.63, 3.8) is 0 Å². The van der Waals surface area contributed by atoms with Gasteiger partial charge in [0.05, 0.1) is 5.56 Å². The van der Waals surface area contributed by atoms with Crippen molar-refractivity contribution in [3.05, 3.63) is 29.8 Å². The van der Waals surface area contributed by atoms with Crippen LogP contribution in [0.4, 0.5) is 18.9 Å². The Morgan fingerprint density at radius 1 is 1.29 bits per heavy atom. The van der Waals surface area contributed by atoms with Crippen LogP contribution in [0.15, 0.2) is 24.3 Å². The SMILES string of the molecule is O=C(O)c1ccc(NCCSC(F)(F)F)cc1.